The second-order valence-corrected chi connectivity index (χ2v) is 5.66. The summed E-state index contributed by atoms with van der Waals surface area (Å²) in [6.45, 7) is 2.54. The van der Waals surface area contributed by atoms with E-state index in [9.17, 15) is 0 Å². The van der Waals surface area contributed by atoms with Crippen molar-refractivity contribution < 1.29 is 5.11 Å². The van der Waals surface area contributed by atoms with Crippen LogP contribution in [-0.2, 0) is 6.54 Å². The minimum atomic E-state index is 0.318. The number of hydrogen-bond acceptors (Lipinski definition) is 3. The first kappa shape index (κ1) is 14.4. The number of benzene rings is 1. The number of para-hydroxylation sites is 1. The van der Waals surface area contributed by atoms with Gasteiger partial charge in [0.05, 0.1) is 0 Å². The van der Waals surface area contributed by atoms with Crippen LogP contribution in [0.1, 0.15) is 31.2 Å². The monoisotopic (exact) mass is 262 g/mol. The Labute approximate surface area is 116 Å². The van der Waals surface area contributed by atoms with Crippen molar-refractivity contribution >= 4 is 5.69 Å². The van der Waals surface area contributed by atoms with E-state index in [4.69, 9.17) is 5.11 Å². The molecular formula is C16H26N2O. The molecule has 1 fully saturated rings. The Morgan fingerprint density at radius 2 is 2.11 bits per heavy atom. The number of hydrogen-bond donors (Lipinski definition) is 1. The van der Waals surface area contributed by atoms with E-state index < -0.39 is 0 Å². The van der Waals surface area contributed by atoms with Crippen molar-refractivity contribution in [3.05, 3.63) is 29.8 Å². The Hall–Kier alpha value is -1.06. The summed E-state index contributed by atoms with van der Waals surface area (Å²) in [7, 11) is 4.21. The van der Waals surface area contributed by atoms with Crippen molar-refractivity contribution in [1.82, 2.24) is 4.90 Å². The van der Waals surface area contributed by atoms with Gasteiger partial charge in [0.1, 0.15) is 0 Å². The smallest absolute Gasteiger partial charge is 0.0431 e. The molecule has 0 bridgehead atoms. The van der Waals surface area contributed by atoms with Crippen molar-refractivity contribution in [3.63, 3.8) is 0 Å². The normalized spacial score (nSPS) is 19.8. The van der Waals surface area contributed by atoms with Crippen LogP contribution in [-0.4, -0.2) is 43.3 Å². The Morgan fingerprint density at radius 1 is 1.32 bits per heavy atom. The van der Waals surface area contributed by atoms with Gasteiger partial charge >= 0.3 is 0 Å². The minimum Gasteiger partial charge on any atom is -0.396 e. The minimum absolute atomic E-state index is 0.318. The molecule has 1 heterocycles. The highest BCUT2D eigenvalue weighted by atomic mass is 16.2. The molecule has 0 aliphatic carbocycles. The van der Waals surface area contributed by atoms with Gasteiger partial charge in [0.25, 0.3) is 0 Å². The van der Waals surface area contributed by atoms with Crippen LogP contribution in [0, 0.1) is 0 Å². The van der Waals surface area contributed by atoms with Gasteiger partial charge in [-0.3, -0.25) is 4.90 Å². The molecule has 1 aliphatic heterocycles. The molecule has 3 heteroatoms. The van der Waals surface area contributed by atoms with E-state index in [1.807, 2.05) is 0 Å². The van der Waals surface area contributed by atoms with Gasteiger partial charge in [-0.1, -0.05) is 18.2 Å². The van der Waals surface area contributed by atoms with Crippen molar-refractivity contribution in [2.75, 3.05) is 32.1 Å². The lowest BCUT2D eigenvalue weighted by Gasteiger charge is -2.26. The molecule has 19 heavy (non-hydrogen) atoms. The summed E-state index contributed by atoms with van der Waals surface area (Å²) in [5, 5.41) is 8.99. The van der Waals surface area contributed by atoms with E-state index >= 15 is 0 Å². The summed E-state index contributed by atoms with van der Waals surface area (Å²) >= 11 is 0. The highest BCUT2D eigenvalue weighted by Crippen LogP contribution is 2.26. The molecule has 0 unspecified atom stereocenters. The van der Waals surface area contributed by atoms with E-state index in [2.05, 4.69) is 48.2 Å². The molecule has 0 spiro atoms. The molecule has 3 nitrogen and oxygen atoms in total. The summed E-state index contributed by atoms with van der Waals surface area (Å²) in [4.78, 5) is 4.77. The van der Waals surface area contributed by atoms with Crippen molar-refractivity contribution in [1.29, 1.82) is 0 Å². The number of nitrogens with zero attached hydrogens (tertiary/aromatic N) is 2. The van der Waals surface area contributed by atoms with Gasteiger partial charge in [0, 0.05) is 39.0 Å². The zero-order valence-electron chi connectivity index (χ0n) is 12.2. The lowest BCUT2D eigenvalue weighted by atomic mass is 10.1. The number of rotatable bonds is 6. The summed E-state index contributed by atoms with van der Waals surface area (Å²) in [6, 6.07) is 9.31. The van der Waals surface area contributed by atoms with Gasteiger partial charge in [-0.05, 0) is 43.9 Å². The van der Waals surface area contributed by atoms with E-state index in [1.165, 1.54) is 30.6 Å². The molecule has 0 radical (unpaired) electrons. The summed E-state index contributed by atoms with van der Waals surface area (Å²) < 4.78 is 0. The van der Waals surface area contributed by atoms with Crippen LogP contribution in [0.5, 0.6) is 0 Å². The van der Waals surface area contributed by atoms with Gasteiger partial charge in [-0.15, -0.1) is 0 Å². The van der Waals surface area contributed by atoms with Crippen molar-refractivity contribution in [2.24, 2.45) is 0 Å². The summed E-state index contributed by atoms with van der Waals surface area (Å²) in [6.07, 6.45) is 4.63. The van der Waals surface area contributed by atoms with Crippen LogP contribution in [0.3, 0.4) is 0 Å². The lowest BCUT2D eigenvalue weighted by molar-refractivity contribution is 0.210. The Morgan fingerprint density at radius 3 is 2.84 bits per heavy atom. The molecule has 1 aliphatic rings. The quantitative estimate of drug-likeness (QED) is 0.853. The van der Waals surface area contributed by atoms with E-state index in [0.29, 0.717) is 12.6 Å². The van der Waals surface area contributed by atoms with E-state index in [0.717, 1.165) is 19.4 Å². The van der Waals surface area contributed by atoms with Gasteiger partial charge in [0.2, 0.25) is 0 Å². The largest absolute Gasteiger partial charge is 0.396 e. The molecule has 1 aromatic carbocycles. The van der Waals surface area contributed by atoms with Crippen LogP contribution in [0.25, 0.3) is 0 Å². The number of aliphatic hydroxyl groups excluding tert-OH is 1. The van der Waals surface area contributed by atoms with Gasteiger partial charge < -0.3 is 10.0 Å². The molecule has 1 aromatic rings. The average Bonchev–Trinajstić information content (AvgIpc) is 2.84. The fourth-order valence-corrected chi connectivity index (χ4v) is 3.06. The average molecular weight is 262 g/mol. The van der Waals surface area contributed by atoms with Crippen LogP contribution in [0.4, 0.5) is 5.69 Å². The molecule has 1 atom stereocenters. The third-order valence-electron chi connectivity index (χ3n) is 4.04. The fraction of sp³-hybridized carbons (Fsp3) is 0.625. The maximum atomic E-state index is 8.99. The standard InChI is InChI=1S/C16H26N2O/c1-17(2)16-10-4-3-7-14(16)13-18-11-5-8-15(18)9-6-12-19/h3-4,7,10,15,19H,5-6,8-9,11-13H2,1-2H3/t15-/m0/s1. The molecular weight excluding hydrogens is 236 g/mol. The Kier molecular flexibility index (Phi) is 5.23. The molecule has 0 saturated carbocycles. The topological polar surface area (TPSA) is 26.7 Å². The van der Waals surface area contributed by atoms with Crippen molar-refractivity contribution in [3.8, 4) is 0 Å². The van der Waals surface area contributed by atoms with Crippen LogP contribution in [0.2, 0.25) is 0 Å². The van der Waals surface area contributed by atoms with Gasteiger partial charge in [-0.2, -0.15) is 0 Å². The predicted molar refractivity (Wildman–Crippen MR) is 80.5 cm³/mol. The third-order valence-corrected chi connectivity index (χ3v) is 4.04. The predicted octanol–water partition coefficient (Wildman–Crippen LogP) is 2.49. The van der Waals surface area contributed by atoms with Crippen LogP contribution < -0.4 is 4.90 Å². The third kappa shape index (κ3) is 3.71. The lowest BCUT2D eigenvalue weighted by Crippen LogP contribution is -2.29. The van der Waals surface area contributed by atoms with Gasteiger partial charge in [0.15, 0.2) is 0 Å². The molecule has 0 aromatic heterocycles. The molecule has 1 saturated heterocycles. The van der Waals surface area contributed by atoms with Crippen LogP contribution >= 0.6 is 0 Å². The maximum Gasteiger partial charge on any atom is 0.0431 e. The molecule has 0 amide bonds. The highest BCUT2D eigenvalue weighted by Gasteiger charge is 2.24. The number of anilines is 1. The molecule has 2 rings (SSSR count). The van der Waals surface area contributed by atoms with Crippen LogP contribution in [0.15, 0.2) is 24.3 Å². The zero-order valence-corrected chi connectivity index (χ0v) is 12.2. The van der Waals surface area contributed by atoms with Crippen molar-refractivity contribution in [2.45, 2.75) is 38.3 Å². The van der Waals surface area contributed by atoms with E-state index in [-0.39, 0.29) is 0 Å². The number of likely N-dealkylation sites (tertiary alicyclic amines) is 1. The zero-order chi connectivity index (χ0) is 13.7. The van der Waals surface area contributed by atoms with E-state index in [1.54, 1.807) is 0 Å². The first-order chi connectivity index (χ1) is 9.22. The molecule has 1 N–H and O–H groups in total. The summed E-state index contributed by atoms with van der Waals surface area (Å²) in [5.74, 6) is 0. The second-order valence-electron chi connectivity index (χ2n) is 5.66. The second kappa shape index (κ2) is 6.92. The molecule has 106 valence electrons. The maximum absolute atomic E-state index is 8.99. The SMILES string of the molecule is CN(C)c1ccccc1CN1CCC[C@H]1CCCO. The first-order valence-corrected chi connectivity index (χ1v) is 7.32. The fourth-order valence-electron chi connectivity index (χ4n) is 3.06. The first-order valence-electron chi connectivity index (χ1n) is 7.32. The number of aliphatic hydroxyl groups is 1. The summed E-state index contributed by atoms with van der Waals surface area (Å²) in [5.41, 5.74) is 2.72. The Bertz CT molecular complexity index is 392. The highest BCUT2D eigenvalue weighted by molar-refractivity contribution is 5.52. The van der Waals surface area contributed by atoms with Gasteiger partial charge in [-0.25, -0.2) is 0 Å². The Balaban J connectivity index is 2.03.